The minimum Gasteiger partial charge on any atom is -0.298 e. The number of fused-ring (bicyclic) bond motifs is 1. The van der Waals surface area contributed by atoms with E-state index in [0.717, 1.165) is 5.56 Å². The Hall–Kier alpha value is -2.58. The van der Waals surface area contributed by atoms with Crippen LogP contribution >= 0.6 is 11.6 Å². The Morgan fingerprint density at radius 3 is 2.70 bits per heavy atom. The molecular weight excluding hydrogens is 276 g/mol. The molecule has 98 valence electrons. The van der Waals surface area contributed by atoms with Crippen molar-refractivity contribution in [1.82, 2.24) is 14.2 Å². The van der Waals surface area contributed by atoms with Crippen molar-refractivity contribution in [2.45, 2.75) is 6.54 Å². The highest BCUT2D eigenvalue weighted by Gasteiger charge is 2.08. The van der Waals surface area contributed by atoms with Crippen LogP contribution in [0.3, 0.4) is 0 Å². The van der Waals surface area contributed by atoms with Gasteiger partial charge in [-0.3, -0.25) is 9.36 Å². The van der Waals surface area contributed by atoms with E-state index in [1.165, 1.54) is 9.08 Å². The van der Waals surface area contributed by atoms with Crippen molar-refractivity contribution in [1.29, 1.82) is 5.26 Å². The van der Waals surface area contributed by atoms with E-state index in [4.69, 9.17) is 16.9 Å². The van der Waals surface area contributed by atoms with Gasteiger partial charge in [-0.15, -0.1) is 0 Å². The normalized spacial score (nSPS) is 10.6. The first-order valence-corrected chi connectivity index (χ1v) is 6.28. The highest BCUT2D eigenvalue weighted by molar-refractivity contribution is 6.30. The molecule has 0 saturated carbocycles. The Morgan fingerprint density at radius 1 is 1.25 bits per heavy atom. The molecule has 3 rings (SSSR count). The van der Waals surface area contributed by atoms with Gasteiger partial charge in [0.1, 0.15) is 12.1 Å². The quantitative estimate of drug-likeness (QED) is 0.725. The summed E-state index contributed by atoms with van der Waals surface area (Å²) in [4.78, 5) is 12.1. The van der Waals surface area contributed by atoms with Gasteiger partial charge in [-0.2, -0.15) is 10.4 Å². The van der Waals surface area contributed by atoms with E-state index in [1.807, 2.05) is 18.2 Å². The monoisotopic (exact) mass is 284 g/mol. The standard InChI is InChI=1S/C14H9ClN4O/c15-11-3-1-10(2-4-11)12-9-13-14(20)18(6-5-16)7-8-19(13)17-12/h1-4,7-9H,6H2. The van der Waals surface area contributed by atoms with E-state index in [-0.39, 0.29) is 12.1 Å². The highest BCUT2D eigenvalue weighted by Crippen LogP contribution is 2.20. The van der Waals surface area contributed by atoms with E-state index < -0.39 is 0 Å². The maximum atomic E-state index is 12.1. The van der Waals surface area contributed by atoms with Crippen molar-refractivity contribution in [2.75, 3.05) is 0 Å². The Kier molecular flexibility index (Phi) is 3.01. The molecule has 6 heteroatoms. The van der Waals surface area contributed by atoms with Gasteiger partial charge < -0.3 is 0 Å². The number of aromatic nitrogens is 3. The second-order valence-electron chi connectivity index (χ2n) is 4.26. The predicted molar refractivity (Wildman–Crippen MR) is 75.5 cm³/mol. The Labute approximate surface area is 119 Å². The van der Waals surface area contributed by atoms with Crippen LogP contribution < -0.4 is 5.56 Å². The molecule has 0 aliphatic heterocycles. The second kappa shape index (κ2) is 4.83. The van der Waals surface area contributed by atoms with E-state index >= 15 is 0 Å². The molecule has 0 radical (unpaired) electrons. The summed E-state index contributed by atoms with van der Waals surface area (Å²) in [5.74, 6) is 0. The molecule has 0 unspecified atom stereocenters. The van der Waals surface area contributed by atoms with Crippen molar-refractivity contribution in [3.8, 4) is 17.3 Å². The number of rotatable bonds is 2. The van der Waals surface area contributed by atoms with Crippen LogP contribution in [0.4, 0.5) is 0 Å². The first kappa shape index (κ1) is 12.5. The average molecular weight is 285 g/mol. The van der Waals surface area contributed by atoms with E-state index in [1.54, 1.807) is 30.6 Å². The van der Waals surface area contributed by atoms with E-state index in [9.17, 15) is 4.79 Å². The molecule has 0 N–H and O–H groups in total. The zero-order chi connectivity index (χ0) is 14.1. The van der Waals surface area contributed by atoms with Crippen LogP contribution in [0.15, 0.2) is 47.5 Å². The minimum absolute atomic E-state index is 0.0246. The topological polar surface area (TPSA) is 63.1 Å². The Balaban J connectivity index is 2.16. The molecule has 0 bridgehead atoms. The van der Waals surface area contributed by atoms with Gasteiger partial charge in [-0.05, 0) is 18.2 Å². The van der Waals surface area contributed by atoms with Crippen LogP contribution in [-0.2, 0) is 6.54 Å². The third kappa shape index (κ3) is 2.06. The molecular formula is C14H9ClN4O. The average Bonchev–Trinajstić information content (AvgIpc) is 2.88. The van der Waals surface area contributed by atoms with Gasteiger partial charge in [0, 0.05) is 23.0 Å². The van der Waals surface area contributed by atoms with Gasteiger partial charge in [0.05, 0.1) is 11.8 Å². The molecule has 0 amide bonds. The molecule has 0 aliphatic rings. The Bertz CT molecular complexity index is 871. The van der Waals surface area contributed by atoms with Gasteiger partial charge >= 0.3 is 0 Å². The van der Waals surface area contributed by atoms with Crippen LogP contribution in [0.2, 0.25) is 5.02 Å². The zero-order valence-electron chi connectivity index (χ0n) is 10.3. The number of nitriles is 1. The summed E-state index contributed by atoms with van der Waals surface area (Å²) in [6.45, 7) is 0.0246. The fraction of sp³-hybridized carbons (Fsp3) is 0.0714. The summed E-state index contributed by atoms with van der Waals surface area (Å²) in [7, 11) is 0. The fourth-order valence-electron chi connectivity index (χ4n) is 1.99. The lowest BCUT2D eigenvalue weighted by atomic mass is 10.1. The lowest BCUT2D eigenvalue weighted by Gasteiger charge is -1.98. The molecule has 20 heavy (non-hydrogen) atoms. The lowest BCUT2D eigenvalue weighted by Crippen LogP contribution is -2.20. The van der Waals surface area contributed by atoms with Gasteiger partial charge in [0.15, 0.2) is 0 Å². The summed E-state index contributed by atoms with van der Waals surface area (Å²) in [6, 6.07) is 10.9. The minimum atomic E-state index is -0.234. The highest BCUT2D eigenvalue weighted by atomic mass is 35.5. The summed E-state index contributed by atoms with van der Waals surface area (Å²) in [5.41, 5.74) is 1.77. The molecule has 1 aromatic carbocycles. The molecule has 0 aliphatic carbocycles. The molecule has 2 heterocycles. The largest absolute Gasteiger partial charge is 0.298 e. The molecule has 0 atom stereocenters. The molecule has 5 nitrogen and oxygen atoms in total. The number of hydrogen-bond acceptors (Lipinski definition) is 3. The summed E-state index contributed by atoms with van der Waals surface area (Å²) in [5, 5.41) is 13.7. The Morgan fingerprint density at radius 2 is 2.00 bits per heavy atom. The number of halogens is 1. The summed E-state index contributed by atoms with van der Waals surface area (Å²) in [6.07, 6.45) is 3.21. The number of hydrogen-bond donors (Lipinski definition) is 0. The number of nitrogens with zero attached hydrogens (tertiary/aromatic N) is 4. The maximum absolute atomic E-state index is 12.1. The van der Waals surface area contributed by atoms with Gasteiger partial charge in [-0.1, -0.05) is 23.7 Å². The van der Waals surface area contributed by atoms with Crippen LogP contribution in [0, 0.1) is 11.3 Å². The van der Waals surface area contributed by atoms with E-state index in [2.05, 4.69) is 5.10 Å². The van der Waals surface area contributed by atoms with E-state index in [0.29, 0.717) is 16.2 Å². The van der Waals surface area contributed by atoms with Crippen LogP contribution in [0.5, 0.6) is 0 Å². The first-order chi connectivity index (χ1) is 9.69. The van der Waals surface area contributed by atoms with Crippen molar-refractivity contribution in [3.63, 3.8) is 0 Å². The van der Waals surface area contributed by atoms with Gasteiger partial charge in [-0.25, -0.2) is 4.52 Å². The second-order valence-corrected chi connectivity index (χ2v) is 4.69. The van der Waals surface area contributed by atoms with Gasteiger partial charge in [0.2, 0.25) is 0 Å². The smallest absolute Gasteiger partial charge is 0.277 e. The molecule has 0 saturated heterocycles. The summed E-state index contributed by atoms with van der Waals surface area (Å²) >= 11 is 5.85. The first-order valence-electron chi connectivity index (χ1n) is 5.91. The lowest BCUT2D eigenvalue weighted by molar-refractivity contribution is 0.767. The van der Waals surface area contributed by atoms with Gasteiger partial charge in [0.25, 0.3) is 5.56 Å². The summed E-state index contributed by atoms with van der Waals surface area (Å²) < 4.78 is 2.86. The molecule has 0 fully saturated rings. The number of benzene rings is 1. The van der Waals surface area contributed by atoms with Crippen molar-refractivity contribution < 1.29 is 0 Å². The van der Waals surface area contributed by atoms with Crippen LogP contribution in [0.1, 0.15) is 0 Å². The fourth-order valence-corrected chi connectivity index (χ4v) is 2.11. The zero-order valence-corrected chi connectivity index (χ0v) is 11.1. The molecule has 2 aromatic heterocycles. The van der Waals surface area contributed by atoms with Crippen LogP contribution in [-0.4, -0.2) is 14.2 Å². The third-order valence-corrected chi connectivity index (χ3v) is 3.24. The SMILES string of the molecule is N#CCn1ccn2nc(-c3ccc(Cl)cc3)cc2c1=O. The third-order valence-electron chi connectivity index (χ3n) is 2.98. The van der Waals surface area contributed by atoms with Crippen LogP contribution in [0.25, 0.3) is 16.8 Å². The van der Waals surface area contributed by atoms with Crippen molar-refractivity contribution in [2.24, 2.45) is 0 Å². The van der Waals surface area contributed by atoms with Crippen molar-refractivity contribution in [3.05, 3.63) is 58.1 Å². The predicted octanol–water partition coefficient (Wildman–Crippen LogP) is 2.34. The van der Waals surface area contributed by atoms with Crippen molar-refractivity contribution >= 4 is 17.1 Å². The molecule has 0 spiro atoms. The molecule has 3 aromatic rings. The maximum Gasteiger partial charge on any atom is 0.277 e.